The van der Waals surface area contributed by atoms with Crippen molar-refractivity contribution >= 4 is 18.6 Å². The number of carbonyl (C=O) groups is 1. The zero-order valence-electron chi connectivity index (χ0n) is 6.69. The average molecular weight is 182 g/mol. The molecule has 0 aliphatic heterocycles. The minimum absolute atomic E-state index is 0.0734. The Morgan fingerprint density at radius 3 is 2.75 bits per heavy atom. The lowest BCUT2D eigenvalue weighted by molar-refractivity contribution is 0.0697. The second kappa shape index (κ2) is 3.63. The van der Waals surface area contributed by atoms with Gasteiger partial charge in [-0.25, -0.2) is 4.79 Å². The molecule has 2 nitrogen and oxygen atoms in total. The Morgan fingerprint density at radius 2 is 2.25 bits per heavy atom. The van der Waals surface area contributed by atoms with Crippen LogP contribution in [-0.4, -0.2) is 11.1 Å². The van der Waals surface area contributed by atoms with Gasteiger partial charge in [-0.3, -0.25) is 0 Å². The fraction of sp³-hybridized carbons (Fsp3) is 0.222. The predicted molar refractivity (Wildman–Crippen MR) is 50.8 cm³/mol. The summed E-state index contributed by atoms with van der Waals surface area (Å²) in [5.41, 5.74) is 1.24. The first-order chi connectivity index (χ1) is 5.61. The number of hydrogen-bond donors (Lipinski definition) is 2. The van der Waals surface area contributed by atoms with E-state index in [1.807, 2.05) is 13.0 Å². The molecule has 1 aromatic carbocycles. The summed E-state index contributed by atoms with van der Waals surface area (Å²) in [6.45, 7) is 1.91. The van der Waals surface area contributed by atoms with Crippen LogP contribution in [0.1, 0.15) is 28.1 Å². The van der Waals surface area contributed by atoms with Crippen LogP contribution in [0.3, 0.4) is 0 Å². The molecule has 1 aromatic rings. The molecule has 0 bridgehead atoms. The third kappa shape index (κ3) is 2.01. The second-order valence-electron chi connectivity index (χ2n) is 2.61. The maximum Gasteiger partial charge on any atom is 0.335 e. The molecule has 1 atom stereocenters. The minimum atomic E-state index is -0.897. The summed E-state index contributed by atoms with van der Waals surface area (Å²) < 4.78 is 0. The normalized spacial score (nSPS) is 12.5. The number of carboxylic acid groups (broad SMARTS) is 1. The van der Waals surface area contributed by atoms with Crippen molar-refractivity contribution in [2.24, 2.45) is 0 Å². The van der Waals surface area contributed by atoms with Crippen LogP contribution in [0.2, 0.25) is 0 Å². The Labute approximate surface area is 76.6 Å². The highest BCUT2D eigenvalue weighted by Gasteiger charge is 2.04. The van der Waals surface area contributed by atoms with Gasteiger partial charge in [0.2, 0.25) is 0 Å². The van der Waals surface area contributed by atoms with Gasteiger partial charge in [0.05, 0.1) is 5.56 Å². The van der Waals surface area contributed by atoms with E-state index in [4.69, 9.17) is 5.11 Å². The molecule has 0 heterocycles. The van der Waals surface area contributed by atoms with Gasteiger partial charge in [-0.05, 0) is 24.6 Å². The van der Waals surface area contributed by atoms with Gasteiger partial charge in [0, 0.05) is 5.25 Å². The number of hydrogen-bond acceptors (Lipinski definition) is 2. The Hall–Kier alpha value is -0.960. The van der Waals surface area contributed by atoms with E-state index in [1.165, 1.54) is 0 Å². The molecule has 0 saturated carbocycles. The van der Waals surface area contributed by atoms with E-state index < -0.39 is 5.97 Å². The summed E-state index contributed by atoms with van der Waals surface area (Å²) in [6.07, 6.45) is 0. The van der Waals surface area contributed by atoms with Crippen molar-refractivity contribution < 1.29 is 9.90 Å². The van der Waals surface area contributed by atoms with Crippen molar-refractivity contribution in [2.45, 2.75) is 12.2 Å². The summed E-state index contributed by atoms with van der Waals surface area (Å²) in [5, 5.41) is 8.74. The first-order valence-electron chi connectivity index (χ1n) is 3.62. The summed E-state index contributed by atoms with van der Waals surface area (Å²) in [4.78, 5) is 10.6. The topological polar surface area (TPSA) is 37.3 Å². The fourth-order valence-corrected chi connectivity index (χ4v) is 1.09. The first-order valence-corrected chi connectivity index (χ1v) is 4.14. The fourth-order valence-electron chi connectivity index (χ4n) is 0.932. The van der Waals surface area contributed by atoms with Crippen molar-refractivity contribution in [1.82, 2.24) is 0 Å². The molecule has 0 aromatic heterocycles. The minimum Gasteiger partial charge on any atom is -0.478 e. The quantitative estimate of drug-likeness (QED) is 0.689. The van der Waals surface area contributed by atoms with Gasteiger partial charge in [0.25, 0.3) is 0 Å². The molecule has 1 unspecified atom stereocenters. The van der Waals surface area contributed by atoms with Crippen molar-refractivity contribution in [3.05, 3.63) is 35.4 Å². The SMILES string of the molecule is CC(S)c1cccc(C(=O)O)c1. The molecule has 1 rings (SSSR count). The average Bonchev–Trinajstić information content (AvgIpc) is 2.04. The molecule has 0 amide bonds. The van der Waals surface area contributed by atoms with Gasteiger partial charge >= 0.3 is 5.97 Å². The Kier molecular flexibility index (Phi) is 2.76. The summed E-state index contributed by atoms with van der Waals surface area (Å²) >= 11 is 4.21. The van der Waals surface area contributed by atoms with Crippen LogP contribution in [0.5, 0.6) is 0 Å². The van der Waals surface area contributed by atoms with Gasteiger partial charge in [-0.2, -0.15) is 12.6 Å². The lowest BCUT2D eigenvalue weighted by Crippen LogP contribution is -1.97. The predicted octanol–water partition coefficient (Wildman–Crippen LogP) is 2.38. The lowest BCUT2D eigenvalue weighted by atomic mass is 10.1. The highest BCUT2D eigenvalue weighted by atomic mass is 32.1. The van der Waals surface area contributed by atoms with Crippen molar-refractivity contribution in [3.8, 4) is 0 Å². The number of thiol groups is 1. The van der Waals surface area contributed by atoms with E-state index in [0.29, 0.717) is 5.56 Å². The molecule has 12 heavy (non-hydrogen) atoms. The molecular weight excluding hydrogens is 172 g/mol. The maximum atomic E-state index is 10.6. The lowest BCUT2D eigenvalue weighted by Gasteiger charge is -2.04. The molecule has 0 spiro atoms. The number of aromatic carboxylic acids is 1. The maximum absolute atomic E-state index is 10.6. The largest absolute Gasteiger partial charge is 0.478 e. The summed E-state index contributed by atoms with van der Waals surface area (Å²) in [6, 6.07) is 6.80. The van der Waals surface area contributed by atoms with Crippen molar-refractivity contribution in [1.29, 1.82) is 0 Å². The van der Waals surface area contributed by atoms with E-state index in [2.05, 4.69) is 12.6 Å². The van der Waals surface area contributed by atoms with Gasteiger partial charge in [0.1, 0.15) is 0 Å². The molecule has 0 aliphatic rings. The molecule has 0 saturated heterocycles. The van der Waals surface area contributed by atoms with E-state index in [9.17, 15) is 4.79 Å². The first kappa shape index (κ1) is 9.13. The number of benzene rings is 1. The standard InChI is InChI=1S/C9H10O2S/c1-6(12)7-3-2-4-8(5-7)9(10)11/h2-6,12H,1H3,(H,10,11). The monoisotopic (exact) mass is 182 g/mol. The molecular formula is C9H10O2S. The highest BCUT2D eigenvalue weighted by molar-refractivity contribution is 7.80. The molecule has 64 valence electrons. The summed E-state index contributed by atoms with van der Waals surface area (Å²) in [5.74, 6) is -0.897. The molecule has 1 N–H and O–H groups in total. The molecule has 0 radical (unpaired) electrons. The van der Waals surface area contributed by atoms with Crippen LogP contribution in [0.4, 0.5) is 0 Å². The Bertz CT molecular complexity index is 294. The molecule has 3 heteroatoms. The van der Waals surface area contributed by atoms with Crippen LogP contribution in [-0.2, 0) is 0 Å². The van der Waals surface area contributed by atoms with Crippen LogP contribution in [0.25, 0.3) is 0 Å². The summed E-state index contributed by atoms with van der Waals surface area (Å²) in [7, 11) is 0. The smallest absolute Gasteiger partial charge is 0.335 e. The van der Waals surface area contributed by atoms with E-state index in [0.717, 1.165) is 5.56 Å². The van der Waals surface area contributed by atoms with Crippen LogP contribution >= 0.6 is 12.6 Å². The third-order valence-corrected chi connectivity index (χ3v) is 1.91. The second-order valence-corrected chi connectivity index (χ2v) is 3.38. The molecule has 0 fully saturated rings. The van der Waals surface area contributed by atoms with Gasteiger partial charge < -0.3 is 5.11 Å². The number of carboxylic acids is 1. The van der Waals surface area contributed by atoms with Crippen LogP contribution < -0.4 is 0 Å². The Balaban J connectivity index is 3.04. The van der Waals surface area contributed by atoms with Crippen LogP contribution in [0, 0.1) is 0 Å². The zero-order chi connectivity index (χ0) is 9.14. The Morgan fingerprint density at radius 1 is 1.58 bits per heavy atom. The van der Waals surface area contributed by atoms with Gasteiger partial charge in [-0.1, -0.05) is 12.1 Å². The van der Waals surface area contributed by atoms with Crippen molar-refractivity contribution in [3.63, 3.8) is 0 Å². The van der Waals surface area contributed by atoms with Crippen LogP contribution in [0.15, 0.2) is 24.3 Å². The van der Waals surface area contributed by atoms with Gasteiger partial charge in [-0.15, -0.1) is 0 Å². The van der Waals surface area contributed by atoms with Crippen molar-refractivity contribution in [2.75, 3.05) is 0 Å². The van der Waals surface area contributed by atoms with E-state index in [1.54, 1.807) is 18.2 Å². The third-order valence-electron chi connectivity index (χ3n) is 1.62. The van der Waals surface area contributed by atoms with E-state index in [-0.39, 0.29) is 5.25 Å². The zero-order valence-corrected chi connectivity index (χ0v) is 7.58. The van der Waals surface area contributed by atoms with Gasteiger partial charge in [0.15, 0.2) is 0 Å². The number of rotatable bonds is 2. The van der Waals surface area contributed by atoms with E-state index >= 15 is 0 Å². The highest BCUT2D eigenvalue weighted by Crippen LogP contribution is 2.19. The molecule has 0 aliphatic carbocycles.